The fourth-order valence-electron chi connectivity index (χ4n) is 4.91. The van der Waals surface area contributed by atoms with Crippen LogP contribution in [0.15, 0.2) is 83.5 Å². The van der Waals surface area contributed by atoms with Crippen molar-refractivity contribution in [2.45, 2.75) is 58.0 Å². The minimum absolute atomic E-state index is 0.0350. The van der Waals surface area contributed by atoms with Crippen molar-refractivity contribution in [1.82, 2.24) is 0 Å². The maximum Gasteiger partial charge on any atom is 0.174 e. The second-order valence-electron chi connectivity index (χ2n) is 11.3. The average Bonchev–Trinajstić information content (AvgIpc) is 3.36. The third kappa shape index (κ3) is 3.36. The standard InChI is InChI=1S/C31H32O2/c1-29(2,3)21-12-14-24-25-15-13-22(30(4,5)6)19-27(25)31(32,26(24)18-21)28-23(16-17-33-28)20-10-8-7-9-11-20/h7-19,32H,1-6H3. The predicted octanol–water partition coefficient (Wildman–Crippen LogP) is 7.81. The second-order valence-corrected chi connectivity index (χ2v) is 11.3. The SMILES string of the molecule is CC(C)(C)c1ccc2c(c1)C(O)(c1occc1-c1ccccc1)c1cc(C(C)(C)C)ccc1-2. The first-order chi connectivity index (χ1) is 15.5. The van der Waals surface area contributed by atoms with Gasteiger partial charge in [0.2, 0.25) is 0 Å². The maximum atomic E-state index is 12.7. The van der Waals surface area contributed by atoms with Gasteiger partial charge in [-0.05, 0) is 44.7 Å². The van der Waals surface area contributed by atoms with Crippen molar-refractivity contribution in [3.63, 3.8) is 0 Å². The lowest BCUT2D eigenvalue weighted by atomic mass is 9.79. The van der Waals surface area contributed by atoms with Crippen LogP contribution >= 0.6 is 0 Å². The van der Waals surface area contributed by atoms with E-state index in [-0.39, 0.29) is 10.8 Å². The summed E-state index contributed by atoms with van der Waals surface area (Å²) in [6.07, 6.45) is 1.69. The van der Waals surface area contributed by atoms with E-state index < -0.39 is 5.60 Å². The van der Waals surface area contributed by atoms with Crippen molar-refractivity contribution >= 4 is 0 Å². The Labute approximate surface area is 196 Å². The number of fused-ring (bicyclic) bond motifs is 3. The smallest absolute Gasteiger partial charge is 0.174 e. The Balaban J connectivity index is 1.83. The van der Waals surface area contributed by atoms with E-state index in [0.717, 1.165) is 33.4 Å². The first-order valence-electron chi connectivity index (χ1n) is 11.7. The first-order valence-corrected chi connectivity index (χ1v) is 11.7. The summed E-state index contributed by atoms with van der Waals surface area (Å²) in [4.78, 5) is 0. The van der Waals surface area contributed by atoms with E-state index in [1.807, 2.05) is 24.3 Å². The molecule has 0 radical (unpaired) electrons. The van der Waals surface area contributed by atoms with Crippen LogP contribution in [0.2, 0.25) is 0 Å². The van der Waals surface area contributed by atoms with Gasteiger partial charge in [-0.25, -0.2) is 0 Å². The summed E-state index contributed by atoms with van der Waals surface area (Å²) in [5.41, 5.74) is 6.80. The zero-order valence-corrected chi connectivity index (χ0v) is 20.4. The fourth-order valence-corrected chi connectivity index (χ4v) is 4.91. The molecule has 1 aliphatic carbocycles. The lowest BCUT2D eigenvalue weighted by Crippen LogP contribution is -2.27. The Morgan fingerprint density at radius 1 is 0.636 bits per heavy atom. The van der Waals surface area contributed by atoms with Crippen LogP contribution in [0, 0.1) is 0 Å². The highest BCUT2D eigenvalue weighted by molar-refractivity contribution is 5.84. The van der Waals surface area contributed by atoms with Gasteiger partial charge in [-0.1, -0.05) is 108 Å². The van der Waals surface area contributed by atoms with Crippen molar-refractivity contribution in [3.05, 3.63) is 107 Å². The molecule has 0 aliphatic heterocycles. The van der Waals surface area contributed by atoms with Crippen LogP contribution in [0.25, 0.3) is 22.3 Å². The molecule has 2 heteroatoms. The van der Waals surface area contributed by atoms with E-state index in [2.05, 4.69) is 90.1 Å². The first kappa shape index (κ1) is 21.7. The molecule has 1 aromatic heterocycles. The molecule has 4 aromatic rings. The van der Waals surface area contributed by atoms with Gasteiger partial charge in [0.1, 0.15) is 0 Å². The van der Waals surface area contributed by atoms with Crippen LogP contribution in [-0.2, 0) is 16.4 Å². The third-order valence-corrected chi connectivity index (χ3v) is 6.92. The highest BCUT2D eigenvalue weighted by atomic mass is 16.4. The van der Waals surface area contributed by atoms with Crippen LogP contribution in [0.1, 0.15) is 69.6 Å². The van der Waals surface area contributed by atoms with Crippen molar-refractivity contribution in [2.75, 3.05) is 0 Å². The van der Waals surface area contributed by atoms with E-state index in [1.54, 1.807) is 6.26 Å². The zero-order valence-electron chi connectivity index (χ0n) is 20.4. The molecule has 0 spiro atoms. The van der Waals surface area contributed by atoms with Crippen molar-refractivity contribution in [3.8, 4) is 22.3 Å². The molecule has 5 rings (SSSR count). The van der Waals surface area contributed by atoms with Crippen LogP contribution in [0.3, 0.4) is 0 Å². The summed E-state index contributed by atoms with van der Waals surface area (Å²) in [7, 11) is 0. The van der Waals surface area contributed by atoms with Crippen LogP contribution in [0.5, 0.6) is 0 Å². The topological polar surface area (TPSA) is 33.4 Å². The molecule has 0 amide bonds. The van der Waals surface area contributed by atoms with E-state index in [1.165, 1.54) is 11.1 Å². The van der Waals surface area contributed by atoms with Gasteiger partial charge in [-0.2, -0.15) is 0 Å². The minimum Gasteiger partial charge on any atom is -0.465 e. The Hall–Kier alpha value is -3.10. The molecule has 0 unspecified atom stereocenters. The predicted molar refractivity (Wildman–Crippen MR) is 136 cm³/mol. The molecule has 1 aliphatic rings. The minimum atomic E-state index is -1.37. The molecule has 0 saturated heterocycles. The normalized spacial score (nSPS) is 14.8. The van der Waals surface area contributed by atoms with E-state index in [4.69, 9.17) is 4.42 Å². The molecular weight excluding hydrogens is 404 g/mol. The number of aliphatic hydroxyl groups is 1. The van der Waals surface area contributed by atoms with Crippen molar-refractivity contribution < 1.29 is 9.52 Å². The summed E-state index contributed by atoms with van der Waals surface area (Å²) in [6.45, 7) is 13.2. The molecule has 3 aromatic carbocycles. The number of hydrogen-bond donors (Lipinski definition) is 1. The second kappa shape index (κ2) is 7.20. The van der Waals surface area contributed by atoms with Crippen LogP contribution in [-0.4, -0.2) is 5.11 Å². The maximum absolute atomic E-state index is 12.7. The molecular formula is C31H32O2. The van der Waals surface area contributed by atoms with Crippen LogP contribution < -0.4 is 0 Å². The van der Waals surface area contributed by atoms with E-state index in [9.17, 15) is 5.11 Å². The van der Waals surface area contributed by atoms with Gasteiger partial charge >= 0.3 is 0 Å². The molecule has 168 valence electrons. The number of rotatable bonds is 2. The largest absolute Gasteiger partial charge is 0.465 e. The monoisotopic (exact) mass is 436 g/mol. The summed E-state index contributed by atoms with van der Waals surface area (Å²) < 4.78 is 6.12. The van der Waals surface area contributed by atoms with Gasteiger partial charge in [0, 0.05) is 16.7 Å². The number of hydrogen-bond acceptors (Lipinski definition) is 2. The van der Waals surface area contributed by atoms with Gasteiger partial charge in [-0.15, -0.1) is 0 Å². The highest BCUT2D eigenvalue weighted by Gasteiger charge is 2.47. The van der Waals surface area contributed by atoms with Crippen molar-refractivity contribution in [2.24, 2.45) is 0 Å². The molecule has 0 bridgehead atoms. The highest BCUT2D eigenvalue weighted by Crippen LogP contribution is 2.54. The molecule has 0 fully saturated rings. The quantitative estimate of drug-likeness (QED) is 0.348. The molecule has 33 heavy (non-hydrogen) atoms. The molecule has 0 saturated carbocycles. The Bertz CT molecular complexity index is 1260. The fraction of sp³-hybridized carbons (Fsp3) is 0.290. The Kier molecular flexibility index (Phi) is 4.74. The molecule has 1 N–H and O–H groups in total. The summed E-state index contributed by atoms with van der Waals surface area (Å²) in [5.74, 6) is 0.575. The Morgan fingerprint density at radius 3 is 1.64 bits per heavy atom. The molecule has 0 atom stereocenters. The van der Waals surface area contributed by atoms with Gasteiger partial charge in [-0.3, -0.25) is 0 Å². The van der Waals surface area contributed by atoms with Gasteiger partial charge in [0.15, 0.2) is 11.4 Å². The lowest BCUT2D eigenvalue weighted by Gasteiger charge is -2.28. The van der Waals surface area contributed by atoms with Gasteiger partial charge < -0.3 is 9.52 Å². The van der Waals surface area contributed by atoms with Gasteiger partial charge in [0.05, 0.1) is 6.26 Å². The summed E-state index contributed by atoms with van der Waals surface area (Å²) in [5, 5.41) is 12.7. The zero-order chi connectivity index (χ0) is 23.6. The number of benzene rings is 3. The third-order valence-electron chi connectivity index (χ3n) is 6.92. The van der Waals surface area contributed by atoms with E-state index in [0.29, 0.717) is 5.76 Å². The average molecular weight is 437 g/mol. The van der Waals surface area contributed by atoms with Crippen LogP contribution in [0.4, 0.5) is 0 Å². The van der Waals surface area contributed by atoms with Crippen molar-refractivity contribution in [1.29, 1.82) is 0 Å². The van der Waals surface area contributed by atoms with Gasteiger partial charge in [0.25, 0.3) is 0 Å². The Morgan fingerprint density at radius 2 is 1.15 bits per heavy atom. The van der Waals surface area contributed by atoms with E-state index >= 15 is 0 Å². The lowest BCUT2D eigenvalue weighted by molar-refractivity contribution is 0.104. The number of furan rings is 1. The summed E-state index contributed by atoms with van der Waals surface area (Å²) >= 11 is 0. The molecule has 2 nitrogen and oxygen atoms in total. The molecule has 1 heterocycles. The summed E-state index contributed by atoms with van der Waals surface area (Å²) in [6, 6.07) is 25.2.